The number of aromatic nitrogens is 2. The van der Waals surface area contributed by atoms with Gasteiger partial charge in [-0.1, -0.05) is 0 Å². The third-order valence-corrected chi connectivity index (χ3v) is 2.23. The summed E-state index contributed by atoms with van der Waals surface area (Å²) < 4.78 is 6.77. The minimum absolute atomic E-state index is 0.179. The first-order valence-electron chi connectivity index (χ1n) is 4.73. The molecular formula is C9H13N3O2. The van der Waals surface area contributed by atoms with E-state index in [2.05, 4.69) is 5.10 Å². The Morgan fingerprint density at radius 2 is 2.50 bits per heavy atom. The summed E-state index contributed by atoms with van der Waals surface area (Å²) in [5.74, 6) is 0.820. The van der Waals surface area contributed by atoms with Gasteiger partial charge in [0.15, 0.2) is 0 Å². The van der Waals surface area contributed by atoms with E-state index in [1.165, 1.54) is 0 Å². The number of esters is 1. The van der Waals surface area contributed by atoms with Gasteiger partial charge in [-0.2, -0.15) is 5.10 Å². The van der Waals surface area contributed by atoms with Gasteiger partial charge >= 0.3 is 5.97 Å². The van der Waals surface area contributed by atoms with Gasteiger partial charge in [-0.05, 0) is 6.92 Å². The van der Waals surface area contributed by atoms with E-state index in [1.807, 2.05) is 22.6 Å². The molecule has 2 rings (SSSR count). The summed E-state index contributed by atoms with van der Waals surface area (Å²) in [4.78, 5) is 13.2. The highest BCUT2D eigenvalue weighted by Crippen LogP contribution is 2.18. The van der Waals surface area contributed by atoms with Gasteiger partial charge in [0.25, 0.3) is 0 Å². The fourth-order valence-corrected chi connectivity index (χ4v) is 1.62. The number of hydrogen-bond donors (Lipinski definition) is 0. The summed E-state index contributed by atoms with van der Waals surface area (Å²) in [6.07, 6.45) is 1.74. The van der Waals surface area contributed by atoms with Crippen molar-refractivity contribution in [2.45, 2.75) is 13.5 Å². The lowest BCUT2D eigenvalue weighted by Gasteiger charge is -2.14. The lowest BCUT2D eigenvalue weighted by Crippen LogP contribution is -2.29. The smallest absolute Gasteiger partial charge is 0.325 e. The molecule has 5 nitrogen and oxygen atoms in total. The minimum atomic E-state index is -0.179. The van der Waals surface area contributed by atoms with E-state index in [1.54, 1.807) is 6.20 Å². The molecule has 0 saturated heterocycles. The van der Waals surface area contributed by atoms with Crippen LogP contribution in [0.2, 0.25) is 0 Å². The second-order valence-corrected chi connectivity index (χ2v) is 3.14. The molecule has 0 aliphatic carbocycles. The molecule has 0 unspecified atom stereocenters. The maximum absolute atomic E-state index is 11.2. The number of hydrogen-bond acceptors (Lipinski definition) is 4. The molecule has 0 N–H and O–H groups in total. The third-order valence-electron chi connectivity index (χ3n) is 2.23. The molecule has 0 saturated carbocycles. The van der Waals surface area contributed by atoms with Crippen molar-refractivity contribution in [1.82, 2.24) is 9.78 Å². The minimum Gasteiger partial charge on any atom is -0.465 e. The summed E-state index contributed by atoms with van der Waals surface area (Å²) in [5, 5.41) is 4.12. The molecule has 76 valence electrons. The van der Waals surface area contributed by atoms with E-state index in [0.717, 1.165) is 18.9 Å². The van der Waals surface area contributed by atoms with Crippen molar-refractivity contribution in [3.05, 3.63) is 12.3 Å². The number of fused-ring (bicyclic) bond motifs is 1. The van der Waals surface area contributed by atoms with Gasteiger partial charge in [0.1, 0.15) is 12.4 Å². The molecule has 0 amide bonds. The van der Waals surface area contributed by atoms with Crippen LogP contribution in [0.15, 0.2) is 12.3 Å². The highest BCUT2D eigenvalue weighted by atomic mass is 16.5. The van der Waals surface area contributed by atoms with Crippen LogP contribution in [0.25, 0.3) is 0 Å². The first kappa shape index (κ1) is 9.05. The summed E-state index contributed by atoms with van der Waals surface area (Å²) >= 11 is 0. The van der Waals surface area contributed by atoms with E-state index >= 15 is 0 Å². The summed E-state index contributed by atoms with van der Waals surface area (Å²) in [5.41, 5.74) is 0. The van der Waals surface area contributed by atoms with Crippen molar-refractivity contribution in [3.63, 3.8) is 0 Å². The molecule has 1 aliphatic rings. The molecule has 14 heavy (non-hydrogen) atoms. The van der Waals surface area contributed by atoms with Crippen LogP contribution < -0.4 is 4.90 Å². The first-order valence-corrected chi connectivity index (χ1v) is 4.73. The molecule has 5 heteroatoms. The average molecular weight is 195 g/mol. The predicted octanol–water partition coefficient (Wildman–Crippen LogP) is 0.266. The van der Waals surface area contributed by atoms with Crippen LogP contribution in [0.4, 0.5) is 5.82 Å². The Labute approximate surface area is 82.3 Å². The van der Waals surface area contributed by atoms with E-state index in [-0.39, 0.29) is 5.97 Å². The zero-order valence-electron chi connectivity index (χ0n) is 8.14. The summed E-state index contributed by atoms with van der Waals surface area (Å²) in [7, 11) is 0. The first-order chi connectivity index (χ1) is 6.81. The quantitative estimate of drug-likeness (QED) is 0.649. The SMILES string of the molecule is CCOC(=O)CN1CCn2nccc21. The Morgan fingerprint density at radius 1 is 1.64 bits per heavy atom. The second kappa shape index (κ2) is 3.69. The lowest BCUT2D eigenvalue weighted by atomic mass is 10.5. The van der Waals surface area contributed by atoms with E-state index in [9.17, 15) is 4.79 Å². The number of nitrogens with zero attached hydrogens (tertiary/aromatic N) is 3. The van der Waals surface area contributed by atoms with Crippen LogP contribution in [0.3, 0.4) is 0 Å². The third kappa shape index (κ3) is 1.57. The average Bonchev–Trinajstić information content (AvgIpc) is 2.70. The largest absolute Gasteiger partial charge is 0.465 e. The van der Waals surface area contributed by atoms with Crippen molar-refractivity contribution >= 4 is 11.8 Å². The predicted molar refractivity (Wildman–Crippen MR) is 51.1 cm³/mol. The Balaban J connectivity index is 1.98. The van der Waals surface area contributed by atoms with Crippen molar-refractivity contribution in [1.29, 1.82) is 0 Å². The van der Waals surface area contributed by atoms with Gasteiger partial charge in [-0.15, -0.1) is 0 Å². The maximum atomic E-state index is 11.2. The molecule has 2 heterocycles. The second-order valence-electron chi connectivity index (χ2n) is 3.14. The van der Waals surface area contributed by atoms with E-state index in [0.29, 0.717) is 13.2 Å². The van der Waals surface area contributed by atoms with E-state index in [4.69, 9.17) is 4.74 Å². The summed E-state index contributed by atoms with van der Waals surface area (Å²) in [6, 6.07) is 1.91. The lowest BCUT2D eigenvalue weighted by molar-refractivity contribution is -0.141. The topological polar surface area (TPSA) is 47.4 Å². The molecule has 0 bridgehead atoms. The number of rotatable bonds is 3. The zero-order valence-corrected chi connectivity index (χ0v) is 8.14. The van der Waals surface area contributed by atoms with E-state index < -0.39 is 0 Å². The van der Waals surface area contributed by atoms with Crippen LogP contribution in [-0.2, 0) is 16.1 Å². The highest BCUT2D eigenvalue weighted by molar-refractivity contribution is 5.75. The van der Waals surface area contributed by atoms with Crippen LogP contribution in [0.5, 0.6) is 0 Å². The van der Waals surface area contributed by atoms with Gasteiger partial charge in [-0.3, -0.25) is 4.79 Å². The van der Waals surface area contributed by atoms with Gasteiger partial charge in [0.05, 0.1) is 19.3 Å². The standard InChI is InChI=1S/C9H13N3O2/c1-2-14-9(13)7-11-5-6-12-8(11)3-4-10-12/h3-4H,2,5-7H2,1H3. The van der Waals surface area contributed by atoms with Crippen LogP contribution in [-0.4, -0.2) is 35.4 Å². The molecule has 0 radical (unpaired) electrons. The number of anilines is 1. The summed E-state index contributed by atoms with van der Waals surface area (Å²) in [6.45, 7) is 4.25. The molecule has 1 aromatic rings. The Morgan fingerprint density at radius 3 is 3.29 bits per heavy atom. The molecule has 0 atom stereocenters. The Bertz CT molecular complexity index is 335. The van der Waals surface area contributed by atoms with Gasteiger partial charge < -0.3 is 9.64 Å². The Kier molecular flexibility index (Phi) is 2.39. The van der Waals surface area contributed by atoms with Crippen molar-refractivity contribution in [2.24, 2.45) is 0 Å². The van der Waals surface area contributed by atoms with Crippen LogP contribution in [0.1, 0.15) is 6.92 Å². The van der Waals surface area contributed by atoms with Gasteiger partial charge in [-0.25, -0.2) is 4.68 Å². The molecule has 0 fully saturated rings. The highest BCUT2D eigenvalue weighted by Gasteiger charge is 2.21. The monoisotopic (exact) mass is 195 g/mol. The van der Waals surface area contributed by atoms with Crippen molar-refractivity contribution in [3.8, 4) is 0 Å². The number of carbonyl (C=O) groups excluding carboxylic acids is 1. The van der Waals surface area contributed by atoms with Gasteiger partial charge in [0, 0.05) is 12.6 Å². The molecular weight excluding hydrogens is 182 g/mol. The zero-order chi connectivity index (χ0) is 9.97. The molecule has 1 aromatic heterocycles. The maximum Gasteiger partial charge on any atom is 0.325 e. The molecule has 0 aromatic carbocycles. The van der Waals surface area contributed by atoms with Gasteiger partial charge in [0.2, 0.25) is 0 Å². The normalized spacial score (nSPS) is 14.2. The molecule has 1 aliphatic heterocycles. The number of carbonyl (C=O) groups is 1. The fourth-order valence-electron chi connectivity index (χ4n) is 1.62. The number of ether oxygens (including phenoxy) is 1. The van der Waals surface area contributed by atoms with Crippen molar-refractivity contribution < 1.29 is 9.53 Å². The van der Waals surface area contributed by atoms with Crippen molar-refractivity contribution in [2.75, 3.05) is 24.6 Å². The molecule has 0 spiro atoms. The van der Waals surface area contributed by atoms with Crippen LogP contribution in [0, 0.1) is 0 Å². The van der Waals surface area contributed by atoms with Crippen LogP contribution >= 0.6 is 0 Å². The fraction of sp³-hybridized carbons (Fsp3) is 0.556. The Hall–Kier alpha value is -1.52.